The van der Waals surface area contributed by atoms with Crippen LogP contribution in [0.2, 0.25) is 0 Å². The molecule has 2 aromatic rings. The SMILES string of the molecule is Cc1c2c(C)c3c(C)c1CCCc1cc(cc(c1)CC(=O)C3)CCC2. The number of rotatable bonds is 0. The molecule has 130 valence electrons. The van der Waals surface area contributed by atoms with Gasteiger partial charge < -0.3 is 0 Å². The summed E-state index contributed by atoms with van der Waals surface area (Å²) in [5.74, 6) is 0.358. The van der Waals surface area contributed by atoms with E-state index in [4.69, 9.17) is 0 Å². The fraction of sp³-hybridized carbons (Fsp3) is 0.458. The molecule has 0 N–H and O–H groups in total. The average Bonchev–Trinajstić information content (AvgIpc) is 2.56. The fourth-order valence-corrected chi connectivity index (χ4v) is 5.06. The third kappa shape index (κ3) is 3.05. The Kier molecular flexibility index (Phi) is 4.27. The lowest BCUT2D eigenvalue weighted by molar-refractivity contribution is -0.117. The number of carbonyl (C=O) groups is 1. The molecule has 0 spiro atoms. The zero-order valence-corrected chi connectivity index (χ0v) is 15.8. The molecular formula is C24H28O. The lowest BCUT2D eigenvalue weighted by Crippen LogP contribution is -2.15. The molecule has 0 aromatic heterocycles. The van der Waals surface area contributed by atoms with Gasteiger partial charge in [-0.3, -0.25) is 4.79 Å². The van der Waals surface area contributed by atoms with E-state index in [-0.39, 0.29) is 0 Å². The monoisotopic (exact) mass is 332 g/mol. The van der Waals surface area contributed by atoms with Crippen LogP contribution < -0.4 is 0 Å². The van der Waals surface area contributed by atoms with Crippen molar-refractivity contribution in [3.63, 3.8) is 0 Å². The highest BCUT2D eigenvalue weighted by atomic mass is 16.1. The molecule has 0 radical (unpaired) electrons. The van der Waals surface area contributed by atoms with Crippen LogP contribution in [0.25, 0.3) is 0 Å². The summed E-state index contributed by atoms with van der Waals surface area (Å²) in [7, 11) is 0. The summed E-state index contributed by atoms with van der Waals surface area (Å²) in [4.78, 5) is 12.8. The normalized spacial score (nSPS) is 17.0. The number of carbonyl (C=O) groups excluding carboxylic acids is 1. The first kappa shape index (κ1) is 16.6. The van der Waals surface area contributed by atoms with Crippen molar-refractivity contribution >= 4 is 5.78 Å². The van der Waals surface area contributed by atoms with Crippen LogP contribution in [0.15, 0.2) is 18.2 Å². The first-order chi connectivity index (χ1) is 12.0. The maximum atomic E-state index is 12.8. The van der Waals surface area contributed by atoms with Crippen LogP contribution in [-0.4, -0.2) is 5.78 Å². The smallest absolute Gasteiger partial charge is 0.141 e. The second-order valence-electron chi connectivity index (χ2n) is 8.07. The van der Waals surface area contributed by atoms with E-state index in [0.29, 0.717) is 18.6 Å². The highest BCUT2D eigenvalue weighted by Gasteiger charge is 2.20. The molecule has 1 heteroatoms. The molecule has 3 aliphatic carbocycles. The summed E-state index contributed by atoms with van der Waals surface area (Å²) < 4.78 is 0. The van der Waals surface area contributed by atoms with Gasteiger partial charge >= 0.3 is 0 Å². The van der Waals surface area contributed by atoms with Gasteiger partial charge in [0.15, 0.2) is 0 Å². The molecule has 5 rings (SSSR count). The Morgan fingerprint density at radius 2 is 1.08 bits per heavy atom. The van der Waals surface area contributed by atoms with E-state index < -0.39 is 0 Å². The van der Waals surface area contributed by atoms with Gasteiger partial charge in [0.1, 0.15) is 5.78 Å². The summed E-state index contributed by atoms with van der Waals surface area (Å²) >= 11 is 0. The van der Waals surface area contributed by atoms with Gasteiger partial charge in [-0.05, 0) is 109 Å². The minimum atomic E-state index is 0.358. The van der Waals surface area contributed by atoms with Crippen LogP contribution in [-0.2, 0) is 43.3 Å². The average molecular weight is 332 g/mol. The summed E-state index contributed by atoms with van der Waals surface area (Å²) in [6.45, 7) is 6.80. The van der Waals surface area contributed by atoms with Crippen molar-refractivity contribution < 1.29 is 4.79 Å². The molecular weight excluding hydrogens is 304 g/mol. The van der Waals surface area contributed by atoms with Crippen molar-refractivity contribution in [1.29, 1.82) is 0 Å². The van der Waals surface area contributed by atoms with Crippen LogP contribution >= 0.6 is 0 Å². The lowest BCUT2D eigenvalue weighted by Gasteiger charge is -2.24. The molecule has 0 fully saturated rings. The Labute approximate surface area is 151 Å². The van der Waals surface area contributed by atoms with Crippen molar-refractivity contribution in [2.45, 2.75) is 72.1 Å². The van der Waals surface area contributed by atoms with E-state index >= 15 is 0 Å². The number of benzene rings is 2. The van der Waals surface area contributed by atoms with E-state index in [9.17, 15) is 4.79 Å². The third-order valence-corrected chi connectivity index (χ3v) is 6.39. The minimum Gasteiger partial charge on any atom is -0.299 e. The van der Waals surface area contributed by atoms with Crippen LogP contribution in [0.1, 0.15) is 62.9 Å². The predicted molar refractivity (Wildman–Crippen MR) is 104 cm³/mol. The van der Waals surface area contributed by atoms with Gasteiger partial charge in [-0.1, -0.05) is 18.2 Å². The molecule has 3 aliphatic rings. The van der Waals surface area contributed by atoms with Crippen LogP contribution in [0.4, 0.5) is 0 Å². The zero-order valence-electron chi connectivity index (χ0n) is 15.8. The summed E-state index contributed by atoms with van der Waals surface area (Å²) in [6.07, 6.45) is 8.06. The molecule has 6 bridgehead atoms. The topological polar surface area (TPSA) is 17.1 Å². The molecule has 0 saturated heterocycles. The summed E-state index contributed by atoms with van der Waals surface area (Å²) in [6, 6.07) is 6.94. The standard InChI is InChI=1S/C24H28O/c1-15-22-8-4-6-18-10-19-7-5-9-23(15)17(3)24(16(22)2)14-21(25)13-20(11-18)12-19/h10-12H,4-9,13-14H2,1-3H3. The zero-order chi connectivity index (χ0) is 17.6. The van der Waals surface area contributed by atoms with Gasteiger partial charge in [-0.2, -0.15) is 0 Å². The van der Waals surface area contributed by atoms with Gasteiger partial charge in [-0.25, -0.2) is 0 Å². The molecule has 2 aromatic carbocycles. The summed E-state index contributed by atoms with van der Waals surface area (Å²) in [5.41, 5.74) is 12.7. The van der Waals surface area contributed by atoms with Crippen molar-refractivity contribution in [3.8, 4) is 0 Å². The Morgan fingerprint density at radius 1 is 0.600 bits per heavy atom. The number of hydrogen-bond acceptors (Lipinski definition) is 1. The van der Waals surface area contributed by atoms with Crippen molar-refractivity contribution in [1.82, 2.24) is 0 Å². The number of Topliss-reactive ketones (excluding diaryl/α,β-unsaturated/α-hetero) is 1. The molecule has 1 nitrogen and oxygen atoms in total. The molecule has 0 atom stereocenters. The van der Waals surface area contributed by atoms with Crippen LogP contribution in [0.3, 0.4) is 0 Å². The second-order valence-corrected chi connectivity index (χ2v) is 8.07. The molecule has 0 unspecified atom stereocenters. The quantitative estimate of drug-likeness (QED) is 0.667. The van der Waals surface area contributed by atoms with Gasteiger partial charge in [0.05, 0.1) is 0 Å². The molecule has 0 saturated carbocycles. The van der Waals surface area contributed by atoms with E-state index in [0.717, 1.165) is 25.7 Å². The fourth-order valence-electron chi connectivity index (χ4n) is 5.06. The Balaban J connectivity index is 1.95. The highest BCUT2D eigenvalue weighted by molar-refractivity contribution is 5.84. The van der Waals surface area contributed by atoms with Crippen LogP contribution in [0, 0.1) is 20.8 Å². The maximum Gasteiger partial charge on any atom is 0.141 e. The second kappa shape index (κ2) is 6.44. The van der Waals surface area contributed by atoms with Gasteiger partial charge in [0.25, 0.3) is 0 Å². The van der Waals surface area contributed by atoms with E-state index in [2.05, 4.69) is 39.0 Å². The highest BCUT2D eigenvalue weighted by Crippen LogP contribution is 2.32. The molecule has 0 aliphatic heterocycles. The van der Waals surface area contributed by atoms with Crippen molar-refractivity contribution in [3.05, 3.63) is 68.3 Å². The molecule has 25 heavy (non-hydrogen) atoms. The Bertz CT molecular complexity index is 802. The number of ketones is 1. The van der Waals surface area contributed by atoms with E-state index in [1.807, 2.05) is 0 Å². The van der Waals surface area contributed by atoms with Gasteiger partial charge in [-0.15, -0.1) is 0 Å². The van der Waals surface area contributed by atoms with Gasteiger partial charge in [0.2, 0.25) is 0 Å². The maximum absolute atomic E-state index is 12.8. The Morgan fingerprint density at radius 3 is 1.64 bits per heavy atom. The van der Waals surface area contributed by atoms with Crippen LogP contribution in [0.5, 0.6) is 0 Å². The number of aryl methyl sites for hydroxylation is 2. The van der Waals surface area contributed by atoms with E-state index in [1.54, 1.807) is 0 Å². The van der Waals surface area contributed by atoms with E-state index in [1.165, 1.54) is 62.9 Å². The number of hydrogen-bond donors (Lipinski definition) is 0. The minimum absolute atomic E-state index is 0.358. The van der Waals surface area contributed by atoms with Crippen molar-refractivity contribution in [2.24, 2.45) is 0 Å². The molecule has 0 heterocycles. The van der Waals surface area contributed by atoms with Gasteiger partial charge in [0, 0.05) is 12.8 Å². The number of fused-ring (bicyclic) bond motifs is 6. The van der Waals surface area contributed by atoms with Crippen molar-refractivity contribution in [2.75, 3.05) is 0 Å². The Hall–Kier alpha value is -1.89. The first-order valence-corrected chi connectivity index (χ1v) is 9.76. The third-order valence-electron chi connectivity index (χ3n) is 6.39. The summed E-state index contributed by atoms with van der Waals surface area (Å²) in [5, 5.41) is 0. The first-order valence-electron chi connectivity index (χ1n) is 9.76. The molecule has 0 amide bonds. The lowest BCUT2D eigenvalue weighted by atomic mass is 9.81. The predicted octanol–water partition coefficient (Wildman–Crippen LogP) is 4.94. The largest absolute Gasteiger partial charge is 0.299 e.